The van der Waals surface area contributed by atoms with Crippen LogP contribution in [0.3, 0.4) is 0 Å². The van der Waals surface area contributed by atoms with E-state index in [0.717, 1.165) is 11.3 Å². The van der Waals surface area contributed by atoms with Crippen molar-refractivity contribution >= 4 is 23.2 Å². The Morgan fingerprint density at radius 3 is 2.34 bits per heavy atom. The van der Waals surface area contributed by atoms with E-state index in [1.54, 1.807) is 35.6 Å². The third-order valence-corrected chi connectivity index (χ3v) is 5.50. The molecule has 0 fully saturated rings. The van der Waals surface area contributed by atoms with Crippen molar-refractivity contribution in [1.29, 1.82) is 0 Å². The van der Waals surface area contributed by atoms with E-state index in [4.69, 9.17) is 10.5 Å². The van der Waals surface area contributed by atoms with E-state index < -0.39 is 5.91 Å². The average molecular weight is 409 g/mol. The van der Waals surface area contributed by atoms with Gasteiger partial charge in [-0.25, -0.2) is 0 Å². The first kappa shape index (κ1) is 20.6. The molecule has 0 aliphatic heterocycles. The molecular formula is C23H24N2O3S. The molecule has 0 saturated carbocycles. The lowest BCUT2D eigenvalue weighted by molar-refractivity contribution is -0.133. The summed E-state index contributed by atoms with van der Waals surface area (Å²) in [5, 5.41) is 0. The number of hydrogen-bond acceptors (Lipinski definition) is 4. The maximum absolute atomic E-state index is 12.9. The SMILES string of the molecule is Cc1ccc(CN(CCc2ccccc2)C(=O)COc2ccc(C(N)=O)cc2)s1. The van der Waals surface area contributed by atoms with Gasteiger partial charge in [-0.15, -0.1) is 11.3 Å². The number of hydrogen-bond donors (Lipinski definition) is 1. The summed E-state index contributed by atoms with van der Waals surface area (Å²) in [6, 6.07) is 20.7. The Morgan fingerprint density at radius 1 is 1.00 bits per heavy atom. The van der Waals surface area contributed by atoms with Gasteiger partial charge in [-0.2, -0.15) is 0 Å². The monoisotopic (exact) mass is 408 g/mol. The van der Waals surface area contributed by atoms with Crippen LogP contribution in [0.25, 0.3) is 0 Å². The summed E-state index contributed by atoms with van der Waals surface area (Å²) in [5.74, 6) is -0.0461. The molecule has 5 nitrogen and oxygen atoms in total. The third-order valence-electron chi connectivity index (χ3n) is 4.51. The lowest BCUT2D eigenvalue weighted by Gasteiger charge is -2.22. The molecule has 2 N–H and O–H groups in total. The molecule has 1 heterocycles. The first-order valence-corrected chi connectivity index (χ1v) is 10.2. The van der Waals surface area contributed by atoms with E-state index in [0.29, 0.717) is 24.4 Å². The Kier molecular flexibility index (Phi) is 7.03. The number of benzene rings is 2. The molecule has 0 atom stereocenters. The number of primary amides is 1. The minimum atomic E-state index is -0.494. The predicted molar refractivity (Wildman–Crippen MR) is 115 cm³/mol. The van der Waals surface area contributed by atoms with E-state index in [-0.39, 0.29) is 12.5 Å². The van der Waals surface area contributed by atoms with E-state index in [2.05, 4.69) is 31.2 Å². The molecule has 2 amide bonds. The van der Waals surface area contributed by atoms with Gasteiger partial charge in [0.1, 0.15) is 5.75 Å². The number of nitrogens with two attached hydrogens (primary N) is 1. The summed E-state index contributed by atoms with van der Waals surface area (Å²) in [7, 11) is 0. The number of carbonyl (C=O) groups excluding carboxylic acids is 2. The van der Waals surface area contributed by atoms with Gasteiger partial charge in [-0.05, 0) is 55.3 Å². The topological polar surface area (TPSA) is 72.6 Å². The second-order valence-electron chi connectivity index (χ2n) is 6.74. The fourth-order valence-electron chi connectivity index (χ4n) is 2.91. The second-order valence-corrected chi connectivity index (χ2v) is 8.11. The molecule has 0 unspecified atom stereocenters. The zero-order chi connectivity index (χ0) is 20.6. The van der Waals surface area contributed by atoms with Crippen LogP contribution < -0.4 is 10.5 Å². The Hall–Kier alpha value is -3.12. The minimum Gasteiger partial charge on any atom is -0.484 e. The summed E-state index contributed by atoms with van der Waals surface area (Å²) >= 11 is 1.70. The average Bonchev–Trinajstić information content (AvgIpc) is 3.15. The van der Waals surface area contributed by atoms with Gasteiger partial charge in [0.05, 0.1) is 6.54 Å². The van der Waals surface area contributed by atoms with Crippen molar-refractivity contribution in [3.8, 4) is 5.75 Å². The molecule has 150 valence electrons. The van der Waals surface area contributed by atoms with Crippen LogP contribution in [-0.4, -0.2) is 29.9 Å². The third kappa shape index (κ3) is 6.19. The molecule has 0 saturated heterocycles. The maximum Gasteiger partial charge on any atom is 0.260 e. The number of ether oxygens (including phenoxy) is 1. The highest BCUT2D eigenvalue weighted by Gasteiger charge is 2.16. The summed E-state index contributed by atoms with van der Waals surface area (Å²) < 4.78 is 5.64. The number of amides is 2. The molecule has 0 aliphatic carbocycles. The molecule has 6 heteroatoms. The molecule has 0 spiro atoms. The molecule has 29 heavy (non-hydrogen) atoms. The highest BCUT2D eigenvalue weighted by Crippen LogP contribution is 2.18. The van der Waals surface area contributed by atoms with E-state index in [1.165, 1.54) is 10.4 Å². The summed E-state index contributed by atoms with van der Waals surface area (Å²) in [5.41, 5.74) is 6.84. The minimum absolute atomic E-state index is 0.0605. The molecule has 3 aromatic rings. The normalized spacial score (nSPS) is 10.5. The number of carbonyl (C=O) groups is 2. The molecule has 3 rings (SSSR count). The largest absolute Gasteiger partial charge is 0.484 e. The molecular weight excluding hydrogens is 384 g/mol. The van der Waals surface area contributed by atoms with Gasteiger partial charge in [-0.1, -0.05) is 30.3 Å². The molecule has 0 aliphatic rings. The van der Waals surface area contributed by atoms with Gasteiger partial charge < -0.3 is 15.4 Å². The van der Waals surface area contributed by atoms with E-state index in [9.17, 15) is 9.59 Å². The maximum atomic E-state index is 12.9. The van der Waals surface area contributed by atoms with Crippen LogP contribution in [0.5, 0.6) is 5.75 Å². The summed E-state index contributed by atoms with van der Waals surface area (Å²) in [6.45, 7) is 3.18. The number of nitrogens with zero attached hydrogens (tertiary/aromatic N) is 1. The highest BCUT2D eigenvalue weighted by atomic mass is 32.1. The van der Waals surface area contributed by atoms with Crippen molar-refractivity contribution in [2.45, 2.75) is 19.9 Å². The van der Waals surface area contributed by atoms with Gasteiger partial charge in [0, 0.05) is 21.9 Å². The first-order valence-electron chi connectivity index (χ1n) is 9.41. The standard InChI is InChI=1S/C23H24N2O3S/c1-17-7-12-21(29-17)15-25(14-13-18-5-3-2-4-6-18)22(26)16-28-20-10-8-19(9-11-20)23(24)27/h2-12H,13-16H2,1H3,(H2,24,27). The Bertz CT molecular complexity index is 952. The zero-order valence-corrected chi connectivity index (χ0v) is 17.2. The van der Waals surface area contributed by atoms with Crippen molar-refractivity contribution in [3.63, 3.8) is 0 Å². The number of thiophene rings is 1. The lowest BCUT2D eigenvalue weighted by Crippen LogP contribution is -2.35. The summed E-state index contributed by atoms with van der Waals surface area (Å²) in [4.78, 5) is 28.2. The van der Waals surface area contributed by atoms with Crippen molar-refractivity contribution in [2.24, 2.45) is 5.73 Å². The van der Waals surface area contributed by atoms with Crippen molar-refractivity contribution in [1.82, 2.24) is 4.90 Å². The fraction of sp³-hybridized carbons (Fsp3) is 0.217. The van der Waals surface area contributed by atoms with Crippen molar-refractivity contribution in [2.75, 3.05) is 13.2 Å². The Balaban J connectivity index is 1.63. The molecule has 0 bridgehead atoms. The molecule has 0 radical (unpaired) electrons. The first-order chi connectivity index (χ1) is 14.0. The summed E-state index contributed by atoms with van der Waals surface area (Å²) in [6.07, 6.45) is 0.782. The number of rotatable bonds is 9. The predicted octanol–water partition coefficient (Wildman–Crippen LogP) is 3.81. The van der Waals surface area contributed by atoms with Gasteiger partial charge in [-0.3, -0.25) is 9.59 Å². The van der Waals surface area contributed by atoms with E-state index >= 15 is 0 Å². The molecule has 1 aromatic heterocycles. The fourth-order valence-corrected chi connectivity index (χ4v) is 3.82. The van der Waals surface area contributed by atoms with Crippen LogP contribution in [0.2, 0.25) is 0 Å². The van der Waals surface area contributed by atoms with Gasteiger partial charge in [0.15, 0.2) is 6.61 Å². The van der Waals surface area contributed by atoms with Crippen molar-refractivity contribution in [3.05, 3.63) is 87.6 Å². The Labute approximate surface area is 174 Å². The van der Waals surface area contributed by atoms with Crippen LogP contribution in [-0.2, 0) is 17.8 Å². The highest BCUT2D eigenvalue weighted by molar-refractivity contribution is 7.11. The second kappa shape index (κ2) is 9.89. The lowest BCUT2D eigenvalue weighted by atomic mass is 10.1. The Morgan fingerprint density at radius 2 is 1.72 bits per heavy atom. The quantitative estimate of drug-likeness (QED) is 0.585. The van der Waals surface area contributed by atoms with Gasteiger partial charge in [0.25, 0.3) is 5.91 Å². The smallest absolute Gasteiger partial charge is 0.260 e. The van der Waals surface area contributed by atoms with Gasteiger partial charge in [0.2, 0.25) is 5.91 Å². The van der Waals surface area contributed by atoms with Crippen LogP contribution in [0, 0.1) is 6.92 Å². The van der Waals surface area contributed by atoms with Crippen LogP contribution >= 0.6 is 11.3 Å². The van der Waals surface area contributed by atoms with Crippen LogP contribution in [0.4, 0.5) is 0 Å². The van der Waals surface area contributed by atoms with Crippen LogP contribution in [0.15, 0.2) is 66.7 Å². The number of aryl methyl sites for hydroxylation is 1. The van der Waals surface area contributed by atoms with E-state index in [1.807, 2.05) is 23.1 Å². The molecule has 2 aromatic carbocycles. The van der Waals surface area contributed by atoms with Gasteiger partial charge >= 0.3 is 0 Å². The zero-order valence-electron chi connectivity index (χ0n) is 16.3. The van der Waals surface area contributed by atoms with Crippen molar-refractivity contribution < 1.29 is 14.3 Å². The van der Waals surface area contributed by atoms with Crippen LogP contribution in [0.1, 0.15) is 25.7 Å².